The molecule has 0 saturated carbocycles. The van der Waals surface area contributed by atoms with Gasteiger partial charge in [-0.2, -0.15) is 13.2 Å². The van der Waals surface area contributed by atoms with Gasteiger partial charge in [-0.05, 0) is 6.07 Å². The molecule has 0 spiro atoms. The Bertz CT molecular complexity index is 393. The third kappa shape index (κ3) is 2.60. The molecule has 90 valence electrons. The van der Waals surface area contributed by atoms with Crippen molar-refractivity contribution in [3.63, 3.8) is 0 Å². The molecular weight excluding hydrogens is 301 g/mol. The van der Waals surface area contributed by atoms with Gasteiger partial charge in [-0.3, -0.25) is 0 Å². The lowest BCUT2D eigenvalue weighted by molar-refractivity contribution is -0.142. The van der Waals surface area contributed by atoms with Gasteiger partial charge in [0.05, 0.1) is 5.69 Å². The summed E-state index contributed by atoms with van der Waals surface area (Å²) in [5.41, 5.74) is -2.73. The summed E-state index contributed by atoms with van der Waals surface area (Å²) in [6.45, 7) is 0. The molecule has 1 rings (SSSR count). The van der Waals surface area contributed by atoms with E-state index in [1.807, 2.05) is 0 Å². The second kappa shape index (κ2) is 4.52. The van der Waals surface area contributed by atoms with Gasteiger partial charge in [0.2, 0.25) is 0 Å². The fourth-order valence-corrected chi connectivity index (χ4v) is 1.51. The Labute approximate surface area is 95.2 Å². The number of pyridine rings is 1. The van der Waals surface area contributed by atoms with Crippen molar-refractivity contribution in [3.05, 3.63) is 23.0 Å². The van der Waals surface area contributed by atoms with Gasteiger partial charge in [0, 0.05) is 10.9 Å². The van der Waals surface area contributed by atoms with Crippen molar-refractivity contribution >= 4 is 15.9 Å². The lowest BCUT2D eigenvalue weighted by atomic mass is 10.1. The average Bonchev–Trinajstić information content (AvgIpc) is 2.15. The number of hydrogen-bond acceptors (Lipinski definition) is 2. The van der Waals surface area contributed by atoms with Gasteiger partial charge in [0.15, 0.2) is 5.69 Å². The van der Waals surface area contributed by atoms with Crippen LogP contribution in [-0.4, -0.2) is 10.1 Å². The van der Waals surface area contributed by atoms with Crippen molar-refractivity contribution in [3.8, 4) is 5.75 Å². The molecule has 8 heteroatoms. The van der Waals surface area contributed by atoms with Crippen molar-refractivity contribution in [1.82, 2.24) is 4.98 Å². The molecule has 1 aromatic rings. The average molecular weight is 306 g/mol. The molecule has 1 aromatic heterocycles. The van der Waals surface area contributed by atoms with Crippen molar-refractivity contribution in [2.24, 2.45) is 0 Å². The topological polar surface area (TPSA) is 33.1 Å². The van der Waals surface area contributed by atoms with Gasteiger partial charge in [-0.15, -0.1) is 0 Å². The Morgan fingerprint density at radius 3 is 2.31 bits per heavy atom. The number of halogens is 6. The van der Waals surface area contributed by atoms with Crippen LogP contribution in [0.25, 0.3) is 0 Å². The van der Waals surface area contributed by atoms with Gasteiger partial charge in [-0.1, -0.05) is 15.9 Å². The first-order chi connectivity index (χ1) is 7.27. The molecule has 2 nitrogen and oxygen atoms in total. The number of aromatic nitrogens is 1. The van der Waals surface area contributed by atoms with E-state index in [0.29, 0.717) is 6.07 Å². The van der Waals surface area contributed by atoms with E-state index in [-0.39, 0.29) is 5.33 Å². The molecule has 0 aliphatic heterocycles. The third-order valence-corrected chi connectivity index (χ3v) is 2.28. The standard InChI is InChI=1S/C8H5BrF5NO/c9-2-4-3(7(10)11)1-5(16)6(15-4)8(12,13)14/h1,7,16H,2H2. The minimum atomic E-state index is -4.87. The fraction of sp³-hybridized carbons (Fsp3) is 0.375. The van der Waals surface area contributed by atoms with Crippen LogP contribution in [0.1, 0.15) is 23.4 Å². The molecule has 0 aliphatic carbocycles. The molecule has 16 heavy (non-hydrogen) atoms. The number of nitrogens with zero attached hydrogens (tertiary/aromatic N) is 1. The first kappa shape index (κ1) is 13.1. The molecule has 0 amide bonds. The zero-order valence-corrected chi connectivity index (χ0v) is 9.11. The highest BCUT2D eigenvalue weighted by molar-refractivity contribution is 9.08. The predicted octanol–water partition coefficient (Wildman–Crippen LogP) is 3.64. The van der Waals surface area contributed by atoms with E-state index in [9.17, 15) is 22.0 Å². The predicted molar refractivity (Wildman–Crippen MR) is 48.5 cm³/mol. The maximum Gasteiger partial charge on any atom is 0.437 e. The SMILES string of the molecule is Oc1cc(C(F)F)c(CBr)nc1C(F)(F)F. The highest BCUT2D eigenvalue weighted by Crippen LogP contribution is 2.37. The molecule has 0 atom stereocenters. The van der Waals surface area contributed by atoms with E-state index in [1.54, 1.807) is 0 Å². The summed E-state index contributed by atoms with van der Waals surface area (Å²) in [5.74, 6) is -1.30. The summed E-state index contributed by atoms with van der Waals surface area (Å²) in [5, 5.41) is 8.71. The van der Waals surface area contributed by atoms with Crippen LogP contribution in [-0.2, 0) is 11.5 Å². The van der Waals surface area contributed by atoms with Gasteiger partial charge in [0.1, 0.15) is 5.75 Å². The monoisotopic (exact) mass is 305 g/mol. The molecular formula is C8H5BrF5NO. The minimum Gasteiger partial charge on any atom is -0.506 e. The Kier molecular flexibility index (Phi) is 3.72. The number of aromatic hydroxyl groups is 1. The zero-order valence-electron chi connectivity index (χ0n) is 7.52. The summed E-state index contributed by atoms with van der Waals surface area (Å²) in [6.07, 6.45) is -7.87. The van der Waals surface area contributed by atoms with E-state index >= 15 is 0 Å². The van der Waals surface area contributed by atoms with Gasteiger partial charge in [-0.25, -0.2) is 13.8 Å². The van der Waals surface area contributed by atoms with E-state index in [2.05, 4.69) is 20.9 Å². The Morgan fingerprint density at radius 1 is 1.38 bits per heavy atom. The first-order valence-electron chi connectivity index (χ1n) is 3.91. The molecule has 0 bridgehead atoms. The lowest BCUT2D eigenvalue weighted by Crippen LogP contribution is -2.11. The summed E-state index contributed by atoms with van der Waals surface area (Å²) in [7, 11) is 0. The molecule has 0 saturated heterocycles. The zero-order chi connectivity index (χ0) is 12.5. The highest BCUT2D eigenvalue weighted by Gasteiger charge is 2.37. The van der Waals surface area contributed by atoms with Crippen molar-refractivity contribution in [2.75, 3.05) is 0 Å². The fourth-order valence-electron chi connectivity index (χ4n) is 1.06. The Balaban J connectivity index is 3.37. The van der Waals surface area contributed by atoms with Crippen LogP contribution in [0.4, 0.5) is 22.0 Å². The number of alkyl halides is 6. The molecule has 0 fully saturated rings. The van der Waals surface area contributed by atoms with Crippen molar-refractivity contribution in [1.29, 1.82) is 0 Å². The second-order valence-electron chi connectivity index (χ2n) is 2.82. The quantitative estimate of drug-likeness (QED) is 0.668. The van der Waals surface area contributed by atoms with Crippen LogP contribution in [0.2, 0.25) is 0 Å². The maximum atomic E-state index is 12.4. The highest BCUT2D eigenvalue weighted by atomic mass is 79.9. The lowest BCUT2D eigenvalue weighted by Gasteiger charge is -2.12. The van der Waals surface area contributed by atoms with Crippen LogP contribution < -0.4 is 0 Å². The van der Waals surface area contributed by atoms with Crippen LogP contribution in [0, 0.1) is 0 Å². The van der Waals surface area contributed by atoms with Crippen molar-refractivity contribution in [2.45, 2.75) is 17.9 Å². The normalized spacial score (nSPS) is 12.2. The van der Waals surface area contributed by atoms with Crippen LogP contribution in [0.15, 0.2) is 6.07 Å². The largest absolute Gasteiger partial charge is 0.506 e. The van der Waals surface area contributed by atoms with Gasteiger partial charge < -0.3 is 5.11 Å². The molecule has 0 radical (unpaired) electrons. The number of hydrogen-bond donors (Lipinski definition) is 1. The third-order valence-electron chi connectivity index (χ3n) is 1.75. The van der Waals surface area contributed by atoms with Crippen LogP contribution in [0.5, 0.6) is 5.75 Å². The molecule has 1 N–H and O–H groups in total. The second-order valence-corrected chi connectivity index (χ2v) is 3.38. The summed E-state index contributed by atoms with van der Waals surface area (Å²) in [4.78, 5) is 2.98. The van der Waals surface area contributed by atoms with E-state index in [4.69, 9.17) is 5.11 Å². The molecule has 0 unspecified atom stereocenters. The first-order valence-corrected chi connectivity index (χ1v) is 5.03. The summed E-state index contributed by atoms with van der Waals surface area (Å²) < 4.78 is 61.6. The summed E-state index contributed by atoms with van der Waals surface area (Å²) in [6, 6.07) is 0.386. The number of rotatable bonds is 2. The van der Waals surface area contributed by atoms with E-state index in [0.717, 1.165) is 0 Å². The molecule has 0 aromatic carbocycles. The van der Waals surface area contributed by atoms with Crippen LogP contribution >= 0.6 is 15.9 Å². The van der Waals surface area contributed by atoms with E-state index in [1.165, 1.54) is 0 Å². The Morgan fingerprint density at radius 2 is 1.94 bits per heavy atom. The molecule has 1 heterocycles. The van der Waals surface area contributed by atoms with Gasteiger partial charge >= 0.3 is 6.18 Å². The molecule has 0 aliphatic rings. The smallest absolute Gasteiger partial charge is 0.437 e. The summed E-state index contributed by atoms with van der Waals surface area (Å²) >= 11 is 2.76. The van der Waals surface area contributed by atoms with Crippen molar-refractivity contribution < 1.29 is 27.1 Å². The van der Waals surface area contributed by atoms with E-state index < -0.39 is 35.3 Å². The minimum absolute atomic E-state index is 0.254. The van der Waals surface area contributed by atoms with Crippen LogP contribution in [0.3, 0.4) is 0 Å². The van der Waals surface area contributed by atoms with Gasteiger partial charge in [0.25, 0.3) is 6.43 Å². The Hall–Kier alpha value is -0.920. The maximum absolute atomic E-state index is 12.4.